The molecular formula is C19H21N3O3S2. The summed E-state index contributed by atoms with van der Waals surface area (Å²) in [6.07, 6.45) is 1.03. The van der Waals surface area contributed by atoms with E-state index < -0.39 is 10.0 Å². The third-order valence-corrected chi connectivity index (χ3v) is 7.28. The van der Waals surface area contributed by atoms with Crippen molar-refractivity contribution >= 4 is 32.3 Å². The second-order valence-corrected chi connectivity index (χ2v) is 9.88. The molecule has 1 amide bonds. The van der Waals surface area contributed by atoms with Crippen LogP contribution in [0.4, 0.5) is 5.00 Å². The molecule has 1 aliphatic heterocycles. The Morgan fingerprint density at radius 3 is 2.41 bits per heavy atom. The fourth-order valence-corrected chi connectivity index (χ4v) is 5.81. The zero-order valence-corrected chi connectivity index (χ0v) is 16.8. The molecule has 1 fully saturated rings. The van der Waals surface area contributed by atoms with Gasteiger partial charge in [0.25, 0.3) is 5.91 Å². The Morgan fingerprint density at radius 1 is 1.19 bits per heavy atom. The standard InChI is InChI=1S/C19H21N3O3S2/c1-13-9-14(2)12-22(11-13)27(24,25)17-5-3-15(4-6-17)18(23)21-19-16(10-20)7-8-26-19/h3-8,13-14H,9,11-12H2,1-2H3,(H,21,23)/t13-,14-/m1/s1. The van der Waals surface area contributed by atoms with E-state index in [1.165, 1.54) is 39.9 Å². The number of thiophene rings is 1. The highest BCUT2D eigenvalue weighted by atomic mass is 32.2. The van der Waals surface area contributed by atoms with Crippen LogP contribution in [0, 0.1) is 23.2 Å². The number of hydrogen-bond donors (Lipinski definition) is 1. The summed E-state index contributed by atoms with van der Waals surface area (Å²) in [5.74, 6) is 0.278. The van der Waals surface area contributed by atoms with Gasteiger partial charge in [0.15, 0.2) is 0 Å². The first-order valence-electron chi connectivity index (χ1n) is 8.70. The van der Waals surface area contributed by atoms with E-state index in [2.05, 4.69) is 19.2 Å². The van der Waals surface area contributed by atoms with Gasteiger partial charge in [-0.25, -0.2) is 8.42 Å². The van der Waals surface area contributed by atoms with Crippen LogP contribution in [-0.4, -0.2) is 31.7 Å². The molecule has 6 nitrogen and oxygen atoms in total. The van der Waals surface area contributed by atoms with Gasteiger partial charge in [-0.15, -0.1) is 11.3 Å². The van der Waals surface area contributed by atoms with E-state index in [0.717, 1.165) is 6.42 Å². The molecule has 8 heteroatoms. The number of benzene rings is 1. The average molecular weight is 404 g/mol. The molecule has 0 unspecified atom stereocenters. The highest BCUT2D eigenvalue weighted by Crippen LogP contribution is 2.27. The van der Waals surface area contributed by atoms with Crippen LogP contribution in [-0.2, 0) is 10.0 Å². The maximum atomic E-state index is 12.9. The Morgan fingerprint density at radius 2 is 1.81 bits per heavy atom. The number of amides is 1. The van der Waals surface area contributed by atoms with Crippen molar-refractivity contribution in [3.63, 3.8) is 0 Å². The summed E-state index contributed by atoms with van der Waals surface area (Å²) >= 11 is 1.27. The second-order valence-electron chi connectivity index (χ2n) is 7.02. The molecule has 142 valence electrons. The summed E-state index contributed by atoms with van der Waals surface area (Å²) in [5, 5.41) is 13.9. The minimum atomic E-state index is -3.57. The molecule has 0 spiro atoms. The van der Waals surface area contributed by atoms with Crippen molar-refractivity contribution in [1.29, 1.82) is 5.26 Å². The molecule has 0 saturated carbocycles. The number of sulfonamides is 1. The van der Waals surface area contributed by atoms with Crippen LogP contribution in [0.25, 0.3) is 0 Å². The largest absolute Gasteiger partial charge is 0.312 e. The van der Waals surface area contributed by atoms with Crippen LogP contribution in [0.1, 0.15) is 36.2 Å². The van der Waals surface area contributed by atoms with Gasteiger partial charge in [0.1, 0.15) is 11.1 Å². The Labute approximate surface area is 163 Å². The highest BCUT2D eigenvalue weighted by Gasteiger charge is 2.31. The molecule has 2 aromatic rings. The minimum Gasteiger partial charge on any atom is -0.312 e. The number of anilines is 1. The van der Waals surface area contributed by atoms with E-state index in [1.54, 1.807) is 11.4 Å². The van der Waals surface area contributed by atoms with Crippen LogP contribution in [0.5, 0.6) is 0 Å². The molecule has 1 aromatic carbocycles. The van der Waals surface area contributed by atoms with Crippen LogP contribution in [0.15, 0.2) is 40.6 Å². The average Bonchev–Trinajstić information content (AvgIpc) is 3.08. The van der Waals surface area contributed by atoms with E-state index in [0.29, 0.717) is 41.1 Å². The van der Waals surface area contributed by atoms with Crippen molar-refractivity contribution in [3.05, 3.63) is 46.8 Å². The van der Waals surface area contributed by atoms with E-state index >= 15 is 0 Å². The molecule has 0 aliphatic carbocycles. The van der Waals surface area contributed by atoms with Gasteiger partial charge in [-0.1, -0.05) is 13.8 Å². The molecule has 0 radical (unpaired) electrons. The lowest BCUT2D eigenvalue weighted by atomic mass is 9.94. The lowest BCUT2D eigenvalue weighted by Crippen LogP contribution is -2.42. The normalized spacial score (nSPS) is 20.8. The molecule has 0 bridgehead atoms. The molecule has 3 rings (SSSR count). The number of carbonyl (C=O) groups is 1. The first kappa shape index (κ1) is 19.5. The predicted octanol–water partition coefficient (Wildman–Crippen LogP) is 3.54. The van der Waals surface area contributed by atoms with E-state index in [-0.39, 0.29) is 10.8 Å². The van der Waals surface area contributed by atoms with Crippen molar-refractivity contribution in [2.75, 3.05) is 18.4 Å². The first-order valence-corrected chi connectivity index (χ1v) is 11.0. The van der Waals surface area contributed by atoms with Gasteiger partial charge in [0.2, 0.25) is 10.0 Å². The molecule has 2 atom stereocenters. The maximum absolute atomic E-state index is 12.9. The van der Waals surface area contributed by atoms with Gasteiger partial charge >= 0.3 is 0 Å². The topological polar surface area (TPSA) is 90.3 Å². The predicted molar refractivity (Wildman–Crippen MR) is 105 cm³/mol. The molecule has 1 N–H and O–H groups in total. The summed E-state index contributed by atoms with van der Waals surface area (Å²) in [6, 6.07) is 9.58. The number of rotatable bonds is 4. The zero-order chi connectivity index (χ0) is 19.6. The zero-order valence-electron chi connectivity index (χ0n) is 15.2. The third kappa shape index (κ3) is 4.21. The number of nitrogens with zero attached hydrogens (tertiary/aromatic N) is 2. The fraction of sp³-hybridized carbons (Fsp3) is 0.368. The van der Waals surface area contributed by atoms with Crippen molar-refractivity contribution < 1.29 is 13.2 Å². The summed E-state index contributed by atoms with van der Waals surface area (Å²) in [5.41, 5.74) is 0.743. The van der Waals surface area contributed by atoms with Crippen molar-refractivity contribution in [2.24, 2.45) is 11.8 Å². The summed E-state index contributed by atoms with van der Waals surface area (Å²) in [7, 11) is -3.57. The third-order valence-electron chi connectivity index (χ3n) is 4.60. The number of nitriles is 1. The van der Waals surface area contributed by atoms with Gasteiger partial charge in [-0.3, -0.25) is 4.79 Å². The Bertz CT molecular complexity index is 964. The maximum Gasteiger partial charge on any atom is 0.256 e. The smallest absolute Gasteiger partial charge is 0.256 e. The van der Waals surface area contributed by atoms with Crippen LogP contribution < -0.4 is 5.32 Å². The lowest BCUT2D eigenvalue weighted by Gasteiger charge is -2.34. The van der Waals surface area contributed by atoms with E-state index in [4.69, 9.17) is 5.26 Å². The minimum absolute atomic E-state index is 0.189. The van der Waals surface area contributed by atoms with E-state index in [9.17, 15) is 13.2 Å². The fourth-order valence-electron chi connectivity index (χ4n) is 3.40. The Kier molecular flexibility index (Phi) is 5.65. The Balaban J connectivity index is 1.76. The number of piperidine rings is 1. The van der Waals surface area contributed by atoms with Crippen molar-refractivity contribution in [2.45, 2.75) is 25.2 Å². The van der Waals surface area contributed by atoms with Crippen LogP contribution in [0.3, 0.4) is 0 Å². The molecular weight excluding hydrogens is 382 g/mol. The van der Waals surface area contributed by atoms with Gasteiger partial charge in [0, 0.05) is 18.7 Å². The van der Waals surface area contributed by atoms with Crippen LogP contribution >= 0.6 is 11.3 Å². The lowest BCUT2D eigenvalue weighted by molar-refractivity contribution is 0.102. The molecule has 1 aliphatic rings. The van der Waals surface area contributed by atoms with Gasteiger partial charge < -0.3 is 5.32 Å². The van der Waals surface area contributed by atoms with E-state index in [1.807, 2.05) is 6.07 Å². The van der Waals surface area contributed by atoms with Crippen LogP contribution in [0.2, 0.25) is 0 Å². The summed E-state index contributed by atoms with van der Waals surface area (Å²) in [6.45, 7) is 5.16. The number of nitrogens with one attached hydrogen (secondary N) is 1. The van der Waals surface area contributed by atoms with Gasteiger partial charge in [-0.2, -0.15) is 9.57 Å². The first-order chi connectivity index (χ1) is 12.8. The SMILES string of the molecule is C[C@@H]1C[C@@H](C)CN(S(=O)(=O)c2ccc(C(=O)Nc3sccc3C#N)cc2)C1. The number of carbonyl (C=O) groups excluding carboxylic acids is 1. The summed E-state index contributed by atoms with van der Waals surface area (Å²) in [4.78, 5) is 12.5. The molecule has 27 heavy (non-hydrogen) atoms. The van der Waals surface area contributed by atoms with Crippen molar-refractivity contribution in [3.8, 4) is 6.07 Å². The quantitative estimate of drug-likeness (QED) is 0.845. The molecule has 2 heterocycles. The Hall–Kier alpha value is -2.21. The second kappa shape index (κ2) is 7.80. The van der Waals surface area contributed by atoms with Gasteiger partial charge in [0.05, 0.1) is 10.5 Å². The molecule has 1 saturated heterocycles. The van der Waals surface area contributed by atoms with Gasteiger partial charge in [-0.05, 0) is 54.0 Å². The van der Waals surface area contributed by atoms with Crippen molar-refractivity contribution in [1.82, 2.24) is 4.31 Å². The molecule has 1 aromatic heterocycles. The highest BCUT2D eigenvalue weighted by molar-refractivity contribution is 7.89. The summed E-state index contributed by atoms with van der Waals surface area (Å²) < 4.78 is 27.3. The number of hydrogen-bond acceptors (Lipinski definition) is 5. The monoisotopic (exact) mass is 403 g/mol.